The average molecular weight is 267 g/mol. The van der Waals surface area contributed by atoms with E-state index in [9.17, 15) is 4.79 Å². The molecule has 3 aliphatic rings. The molecule has 102 valence electrons. The molecule has 4 heteroatoms. The molecule has 0 saturated carbocycles. The van der Waals surface area contributed by atoms with E-state index in [1.807, 2.05) is 22.9 Å². The third-order valence-corrected chi connectivity index (χ3v) is 4.26. The van der Waals surface area contributed by atoms with Gasteiger partial charge in [0.15, 0.2) is 0 Å². The van der Waals surface area contributed by atoms with Gasteiger partial charge in [0.1, 0.15) is 5.69 Å². The number of nitrogens with zero attached hydrogens (tertiary/aromatic N) is 3. The Bertz CT molecular complexity index is 644. The first-order valence-corrected chi connectivity index (χ1v) is 7.22. The Balaban J connectivity index is 1.62. The Morgan fingerprint density at radius 2 is 2.15 bits per heavy atom. The van der Waals surface area contributed by atoms with Crippen LogP contribution in [0.5, 0.6) is 0 Å². The average Bonchev–Trinajstić information content (AvgIpc) is 3.09. The van der Waals surface area contributed by atoms with Crippen molar-refractivity contribution in [2.45, 2.75) is 18.9 Å². The second kappa shape index (κ2) is 4.56. The molecule has 3 heterocycles. The van der Waals surface area contributed by atoms with Gasteiger partial charge in [-0.3, -0.25) is 9.69 Å². The monoisotopic (exact) mass is 267 g/mol. The normalized spacial score (nSPS) is 25.2. The lowest BCUT2D eigenvalue weighted by atomic mass is 9.98. The molecule has 1 saturated heterocycles. The summed E-state index contributed by atoms with van der Waals surface area (Å²) in [5, 5.41) is 0. The van der Waals surface area contributed by atoms with Gasteiger partial charge in [-0.1, -0.05) is 12.2 Å². The number of amides is 1. The lowest BCUT2D eigenvalue weighted by Gasteiger charge is -2.26. The summed E-state index contributed by atoms with van der Waals surface area (Å²) in [5.41, 5.74) is 2.81. The number of fused-ring (bicyclic) bond motifs is 3. The zero-order valence-electron chi connectivity index (χ0n) is 11.3. The first kappa shape index (κ1) is 11.9. The van der Waals surface area contributed by atoms with Gasteiger partial charge in [0.25, 0.3) is 5.91 Å². The first-order valence-electron chi connectivity index (χ1n) is 7.22. The van der Waals surface area contributed by atoms with Gasteiger partial charge in [0, 0.05) is 12.7 Å². The molecule has 0 spiro atoms. The minimum Gasteiger partial charge on any atom is -0.331 e. The molecule has 0 bridgehead atoms. The maximum Gasteiger partial charge on any atom is 0.293 e. The van der Waals surface area contributed by atoms with Crippen LogP contribution in [-0.2, 0) is 0 Å². The minimum absolute atomic E-state index is 0.0834. The van der Waals surface area contributed by atoms with Crippen LogP contribution in [0.1, 0.15) is 29.4 Å². The summed E-state index contributed by atoms with van der Waals surface area (Å²) in [5.74, 6) is -0.131. The molecule has 1 atom stereocenters. The number of carbonyl (C=O) groups is 1. The molecular formula is C16H17N3O. The van der Waals surface area contributed by atoms with Crippen molar-refractivity contribution in [3.05, 3.63) is 47.8 Å². The van der Waals surface area contributed by atoms with Gasteiger partial charge in [0.2, 0.25) is 0 Å². The van der Waals surface area contributed by atoms with Crippen molar-refractivity contribution in [2.75, 3.05) is 19.6 Å². The summed E-state index contributed by atoms with van der Waals surface area (Å²) in [6.45, 7) is 3.33. The standard InChI is InChI=1S/C16H17N3O/c20-16-15-4-3-9-19(15)14-6-5-12(10-13(14)17-16)11-18-7-1-2-8-18/h3-6,9-10,14H,1-2,7-8,11H2. The lowest BCUT2D eigenvalue weighted by Crippen LogP contribution is -2.29. The molecule has 0 radical (unpaired) electrons. The van der Waals surface area contributed by atoms with Crippen molar-refractivity contribution in [1.82, 2.24) is 9.47 Å². The molecule has 2 aliphatic heterocycles. The number of allylic oxidation sites excluding steroid dienone is 2. The molecular weight excluding hydrogens is 250 g/mol. The molecule has 1 fully saturated rings. The maximum absolute atomic E-state index is 12.0. The van der Waals surface area contributed by atoms with Crippen molar-refractivity contribution in [3.63, 3.8) is 0 Å². The Morgan fingerprint density at radius 3 is 3.00 bits per heavy atom. The molecule has 1 aromatic rings. The molecule has 1 aliphatic carbocycles. The van der Waals surface area contributed by atoms with Gasteiger partial charge in [0.05, 0.1) is 11.8 Å². The van der Waals surface area contributed by atoms with E-state index in [4.69, 9.17) is 0 Å². The number of rotatable bonds is 2. The highest BCUT2D eigenvalue weighted by Gasteiger charge is 2.27. The summed E-state index contributed by atoms with van der Waals surface area (Å²) < 4.78 is 2.00. The summed E-state index contributed by atoms with van der Waals surface area (Å²) >= 11 is 0. The quantitative estimate of drug-likeness (QED) is 0.824. The highest BCUT2D eigenvalue weighted by Crippen LogP contribution is 2.27. The Kier molecular flexibility index (Phi) is 2.70. The molecule has 0 aromatic carbocycles. The Morgan fingerprint density at radius 1 is 1.30 bits per heavy atom. The summed E-state index contributed by atoms with van der Waals surface area (Å²) in [4.78, 5) is 18.7. The fraction of sp³-hybridized carbons (Fsp3) is 0.375. The fourth-order valence-corrected chi connectivity index (χ4v) is 3.26. The van der Waals surface area contributed by atoms with Crippen LogP contribution < -0.4 is 0 Å². The van der Waals surface area contributed by atoms with Crippen molar-refractivity contribution in [2.24, 2.45) is 4.99 Å². The van der Waals surface area contributed by atoms with Crippen LogP contribution in [0.2, 0.25) is 0 Å². The van der Waals surface area contributed by atoms with Crippen molar-refractivity contribution in [3.8, 4) is 0 Å². The highest BCUT2D eigenvalue weighted by atomic mass is 16.1. The Labute approximate surface area is 118 Å². The highest BCUT2D eigenvalue weighted by molar-refractivity contribution is 6.13. The van der Waals surface area contributed by atoms with Crippen LogP contribution in [-0.4, -0.2) is 40.7 Å². The predicted molar refractivity (Wildman–Crippen MR) is 78.1 cm³/mol. The molecule has 4 rings (SSSR count). The van der Waals surface area contributed by atoms with Gasteiger partial charge in [-0.05, 0) is 49.7 Å². The van der Waals surface area contributed by atoms with Crippen LogP contribution in [0.15, 0.2) is 47.1 Å². The molecule has 1 aromatic heterocycles. The van der Waals surface area contributed by atoms with Crippen molar-refractivity contribution >= 4 is 11.6 Å². The number of hydrogen-bond acceptors (Lipinski definition) is 2. The zero-order chi connectivity index (χ0) is 13.5. The largest absolute Gasteiger partial charge is 0.331 e. The Hall–Kier alpha value is -1.94. The minimum atomic E-state index is -0.131. The predicted octanol–water partition coefficient (Wildman–Crippen LogP) is 2.22. The number of hydrogen-bond donors (Lipinski definition) is 0. The topological polar surface area (TPSA) is 37.6 Å². The molecule has 1 unspecified atom stereocenters. The first-order chi connectivity index (χ1) is 9.81. The van der Waals surface area contributed by atoms with E-state index < -0.39 is 0 Å². The van der Waals surface area contributed by atoms with E-state index in [-0.39, 0.29) is 11.9 Å². The molecule has 20 heavy (non-hydrogen) atoms. The smallest absolute Gasteiger partial charge is 0.293 e. The van der Waals surface area contributed by atoms with Crippen molar-refractivity contribution < 1.29 is 4.79 Å². The van der Waals surface area contributed by atoms with Crippen LogP contribution >= 0.6 is 0 Å². The van der Waals surface area contributed by atoms with Gasteiger partial charge >= 0.3 is 0 Å². The second-order valence-corrected chi connectivity index (χ2v) is 5.65. The van der Waals surface area contributed by atoms with E-state index in [1.165, 1.54) is 31.5 Å². The number of carbonyl (C=O) groups excluding carboxylic acids is 1. The van der Waals surface area contributed by atoms with Gasteiger partial charge in [-0.25, -0.2) is 4.99 Å². The fourth-order valence-electron chi connectivity index (χ4n) is 3.26. The number of likely N-dealkylation sites (tertiary alicyclic amines) is 1. The molecule has 0 N–H and O–H groups in total. The van der Waals surface area contributed by atoms with Crippen LogP contribution in [0, 0.1) is 0 Å². The summed E-state index contributed by atoms with van der Waals surface area (Å²) in [7, 11) is 0. The molecule has 4 nitrogen and oxygen atoms in total. The van der Waals surface area contributed by atoms with Crippen LogP contribution in [0.4, 0.5) is 0 Å². The van der Waals surface area contributed by atoms with E-state index >= 15 is 0 Å². The van der Waals surface area contributed by atoms with Gasteiger partial charge < -0.3 is 4.57 Å². The van der Waals surface area contributed by atoms with Gasteiger partial charge in [-0.15, -0.1) is 0 Å². The van der Waals surface area contributed by atoms with Crippen molar-refractivity contribution in [1.29, 1.82) is 0 Å². The van der Waals surface area contributed by atoms with Crippen LogP contribution in [0.25, 0.3) is 0 Å². The van der Waals surface area contributed by atoms with E-state index in [0.29, 0.717) is 5.69 Å². The van der Waals surface area contributed by atoms with E-state index in [0.717, 1.165) is 12.3 Å². The lowest BCUT2D eigenvalue weighted by molar-refractivity contribution is 0.0989. The maximum atomic E-state index is 12.0. The summed E-state index contributed by atoms with van der Waals surface area (Å²) in [6, 6.07) is 3.82. The third kappa shape index (κ3) is 1.88. The second-order valence-electron chi connectivity index (χ2n) is 5.65. The van der Waals surface area contributed by atoms with E-state index in [2.05, 4.69) is 28.1 Å². The van der Waals surface area contributed by atoms with E-state index in [1.54, 1.807) is 0 Å². The van der Waals surface area contributed by atoms with Crippen LogP contribution in [0.3, 0.4) is 0 Å². The third-order valence-electron chi connectivity index (χ3n) is 4.26. The van der Waals surface area contributed by atoms with Gasteiger partial charge in [-0.2, -0.15) is 0 Å². The molecule has 1 amide bonds. The SMILES string of the molecule is O=C1N=C2C=C(CN3CCCC3)C=CC2n2cccc21. The number of aromatic nitrogens is 1. The zero-order valence-corrected chi connectivity index (χ0v) is 11.3. The number of aliphatic imine (C=N–C) groups is 1. The summed E-state index contributed by atoms with van der Waals surface area (Å²) in [6.07, 6.45) is 11.0.